The van der Waals surface area contributed by atoms with Crippen molar-refractivity contribution in [3.05, 3.63) is 0 Å². The molecule has 2 N–H and O–H groups in total. The van der Waals surface area contributed by atoms with Crippen LogP contribution in [0.15, 0.2) is 0 Å². The number of nitrogens with two attached hydrogens (primary N) is 1. The van der Waals surface area contributed by atoms with Crippen LogP contribution in [-0.4, -0.2) is 42.5 Å². The van der Waals surface area contributed by atoms with Crippen LogP contribution in [0.5, 0.6) is 0 Å². The Morgan fingerprint density at radius 1 is 1.18 bits per heavy atom. The normalized spacial score (nSPS) is 25.1. The smallest absolute Gasteiger partial charge is 0.255 e. The summed E-state index contributed by atoms with van der Waals surface area (Å²) in [4.78, 5) is 24.9. The summed E-state index contributed by atoms with van der Waals surface area (Å²) in [6.07, 6.45) is 5.74. The van der Waals surface area contributed by atoms with Crippen LogP contribution < -0.4 is 5.73 Å². The lowest BCUT2D eigenvalue weighted by atomic mass is 9.83. The minimum absolute atomic E-state index is 0.00889. The minimum Gasteiger partial charge on any atom is -0.362 e. The third-order valence-corrected chi connectivity index (χ3v) is 3.76. The molecule has 2 rings (SSSR count). The Hall–Kier alpha value is -0.940. The largest absolute Gasteiger partial charge is 0.362 e. The van der Waals surface area contributed by atoms with E-state index in [1.54, 1.807) is 0 Å². The fourth-order valence-corrected chi connectivity index (χ4v) is 2.90. The molecule has 5 nitrogen and oxygen atoms in total. The molecule has 96 valence electrons. The summed E-state index contributed by atoms with van der Waals surface area (Å²) in [5, 5.41) is 0. The standard InChI is InChI=1S/C12H20N2O3/c13-6-10(9-4-2-1-3-5-9)14-11(15)7-17-8-12(14)16/h9-10H,1-8,13H2. The molecule has 1 saturated carbocycles. The third-order valence-electron chi connectivity index (χ3n) is 3.76. The molecule has 1 aliphatic carbocycles. The number of carbonyl (C=O) groups excluding carboxylic acids is 2. The molecule has 1 saturated heterocycles. The molecule has 17 heavy (non-hydrogen) atoms. The number of ether oxygens (including phenoxy) is 1. The van der Waals surface area contributed by atoms with Crippen LogP contribution in [-0.2, 0) is 14.3 Å². The van der Waals surface area contributed by atoms with Crippen LogP contribution >= 0.6 is 0 Å². The van der Waals surface area contributed by atoms with Gasteiger partial charge in [-0.25, -0.2) is 0 Å². The van der Waals surface area contributed by atoms with Gasteiger partial charge in [-0.1, -0.05) is 19.3 Å². The van der Waals surface area contributed by atoms with Crippen LogP contribution in [0.1, 0.15) is 32.1 Å². The van der Waals surface area contributed by atoms with Crippen molar-refractivity contribution in [3.63, 3.8) is 0 Å². The predicted molar refractivity (Wildman–Crippen MR) is 62.1 cm³/mol. The number of imide groups is 1. The monoisotopic (exact) mass is 240 g/mol. The van der Waals surface area contributed by atoms with E-state index >= 15 is 0 Å². The van der Waals surface area contributed by atoms with E-state index in [4.69, 9.17) is 10.5 Å². The Morgan fingerprint density at radius 3 is 2.29 bits per heavy atom. The Morgan fingerprint density at radius 2 is 1.76 bits per heavy atom. The van der Waals surface area contributed by atoms with E-state index in [2.05, 4.69) is 0 Å². The molecular formula is C12H20N2O3. The van der Waals surface area contributed by atoms with Gasteiger partial charge in [0.15, 0.2) is 0 Å². The molecule has 0 aromatic heterocycles. The molecule has 1 unspecified atom stereocenters. The average molecular weight is 240 g/mol. The van der Waals surface area contributed by atoms with Crippen molar-refractivity contribution in [2.75, 3.05) is 19.8 Å². The van der Waals surface area contributed by atoms with Crippen LogP contribution in [0.25, 0.3) is 0 Å². The summed E-state index contributed by atoms with van der Waals surface area (Å²) in [6.45, 7) is 0.381. The topological polar surface area (TPSA) is 72.6 Å². The SMILES string of the molecule is NCC(C1CCCCC1)N1C(=O)COCC1=O. The van der Waals surface area contributed by atoms with Crippen molar-refractivity contribution in [2.45, 2.75) is 38.1 Å². The Bertz CT molecular complexity index is 284. The van der Waals surface area contributed by atoms with Crippen molar-refractivity contribution in [1.82, 2.24) is 4.90 Å². The van der Waals surface area contributed by atoms with Gasteiger partial charge in [0.2, 0.25) is 0 Å². The molecule has 5 heteroatoms. The highest BCUT2D eigenvalue weighted by Gasteiger charge is 2.36. The van der Waals surface area contributed by atoms with E-state index < -0.39 is 0 Å². The van der Waals surface area contributed by atoms with Gasteiger partial charge in [-0.05, 0) is 18.8 Å². The summed E-state index contributed by atoms with van der Waals surface area (Å²) >= 11 is 0. The summed E-state index contributed by atoms with van der Waals surface area (Å²) in [7, 11) is 0. The summed E-state index contributed by atoms with van der Waals surface area (Å²) in [6, 6.07) is -0.126. The molecule has 0 radical (unpaired) electrons. The second-order valence-corrected chi connectivity index (χ2v) is 4.85. The van der Waals surface area contributed by atoms with Crippen LogP contribution in [0.4, 0.5) is 0 Å². The Labute approximate surface area is 101 Å². The number of morpholine rings is 1. The van der Waals surface area contributed by atoms with E-state index in [0.717, 1.165) is 12.8 Å². The molecule has 1 heterocycles. The summed E-state index contributed by atoms with van der Waals surface area (Å²) in [5.41, 5.74) is 5.77. The number of hydrogen-bond acceptors (Lipinski definition) is 4. The maximum Gasteiger partial charge on any atom is 0.255 e. The van der Waals surface area contributed by atoms with Gasteiger partial charge in [0.1, 0.15) is 13.2 Å². The first kappa shape index (κ1) is 12.5. The number of rotatable bonds is 3. The van der Waals surface area contributed by atoms with Crippen LogP contribution in [0, 0.1) is 5.92 Å². The van der Waals surface area contributed by atoms with Gasteiger partial charge < -0.3 is 10.5 Å². The minimum atomic E-state index is -0.234. The Balaban J connectivity index is 2.09. The second-order valence-electron chi connectivity index (χ2n) is 4.85. The highest BCUT2D eigenvalue weighted by molar-refractivity contribution is 5.98. The quantitative estimate of drug-likeness (QED) is 0.719. The van der Waals surface area contributed by atoms with Gasteiger partial charge in [-0.3, -0.25) is 14.5 Å². The van der Waals surface area contributed by atoms with Gasteiger partial charge in [0.25, 0.3) is 11.8 Å². The summed E-state index contributed by atoms with van der Waals surface area (Å²) in [5.74, 6) is -0.0932. The number of amides is 2. The van der Waals surface area contributed by atoms with E-state index in [1.807, 2.05) is 0 Å². The van der Waals surface area contributed by atoms with Gasteiger partial charge in [-0.15, -0.1) is 0 Å². The first-order valence-electron chi connectivity index (χ1n) is 6.36. The fraction of sp³-hybridized carbons (Fsp3) is 0.833. The first-order chi connectivity index (χ1) is 8.24. The number of nitrogens with zero attached hydrogens (tertiary/aromatic N) is 1. The van der Waals surface area contributed by atoms with Crippen molar-refractivity contribution >= 4 is 11.8 Å². The van der Waals surface area contributed by atoms with Gasteiger partial charge in [0, 0.05) is 6.54 Å². The maximum atomic E-state index is 11.8. The zero-order chi connectivity index (χ0) is 12.3. The molecule has 0 spiro atoms. The maximum absolute atomic E-state index is 11.8. The molecule has 1 aliphatic heterocycles. The van der Waals surface area contributed by atoms with Gasteiger partial charge >= 0.3 is 0 Å². The van der Waals surface area contributed by atoms with Gasteiger partial charge in [-0.2, -0.15) is 0 Å². The molecule has 0 aromatic rings. The summed E-state index contributed by atoms with van der Waals surface area (Å²) < 4.78 is 4.92. The zero-order valence-electron chi connectivity index (χ0n) is 10.1. The lowest BCUT2D eigenvalue weighted by Gasteiger charge is -2.38. The van der Waals surface area contributed by atoms with Crippen LogP contribution in [0.2, 0.25) is 0 Å². The third kappa shape index (κ3) is 2.66. The molecular weight excluding hydrogens is 220 g/mol. The molecule has 2 amide bonds. The first-order valence-corrected chi connectivity index (χ1v) is 6.36. The fourth-order valence-electron chi connectivity index (χ4n) is 2.90. The highest BCUT2D eigenvalue weighted by atomic mass is 16.5. The zero-order valence-corrected chi connectivity index (χ0v) is 10.1. The Kier molecular flexibility index (Phi) is 4.12. The average Bonchev–Trinajstić information content (AvgIpc) is 2.35. The van der Waals surface area contributed by atoms with Crippen molar-refractivity contribution < 1.29 is 14.3 Å². The second kappa shape index (κ2) is 5.60. The number of carbonyl (C=O) groups is 2. The van der Waals surface area contributed by atoms with Crippen molar-refractivity contribution in [3.8, 4) is 0 Å². The molecule has 2 fully saturated rings. The highest BCUT2D eigenvalue weighted by Crippen LogP contribution is 2.29. The van der Waals surface area contributed by atoms with E-state index in [0.29, 0.717) is 12.5 Å². The molecule has 0 bridgehead atoms. The van der Waals surface area contributed by atoms with E-state index in [9.17, 15) is 9.59 Å². The van der Waals surface area contributed by atoms with Crippen molar-refractivity contribution in [1.29, 1.82) is 0 Å². The van der Waals surface area contributed by atoms with E-state index in [-0.39, 0.29) is 31.1 Å². The predicted octanol–water partition coefficient (Wildman–Crippen LogP) is 0.279. The van der Waals surface area contributed by atoms with Crippen molar-refractivity contribution in [2.24, 2.45) is 11.7 Å². The van der Waals surface area contributed by atoms with E-state index in [1.165, 1.54) is 24.2 Å². The van der Waals surface area contributed by atoms with Gasteiger partial charge in [0.05, 0.1) is 6.04 Å². The lowest BCUT2D eigenvalue weighted by Crippen LogP contribution is -2.56. The molecule has 2 aliphatic rings. The molecule has 0 aromatic carbocycles. The molecule has 1 atom stereocenters. The van der Waals surface area contributed by atoms with Crippen LogP contribution in [0.3, 0.4) is 0 Å². The number of hydrogen-bond donors (Lipinski definition) is 1. The lowest BCUT2D eigenvalue weighted by molar-refractivity contribution is -0.163.